The third kappa shape index (κ3) is 4.91. The number of aliphatic hydroxyl groups excluding tert-OH is 1. The second kappa shape index (κ2) is 9.34. The number of carbonyl (C=O) groups excluding carboxylic acids is 2. The van der Waals surface area contributed by atoms with E-state index in [4.69, 9.17) is 11.5 Å². The largest absolute Gasteiger partial charge is 0.381 e. The molecule has 2 aromatic carbocycles. The summed E-state index contributed by atoms with van der Waals surface area (Å²) in [7, 11) is 0. The van der Waals surface area contributed by atoms with Gasteiger partial charge in [-0.3, -0.25) is 9.59 Å². The zero-order chi connectivity index (χ0) is 21.7. The fraction of sp³-hybridized carbons (Fsp3) is 0.227. The molecular formula is C22H25N5O3. The van der Waals surface area contributed by atoms with Crippen molar-refractivity contribution in [2.75, 3.05) is 0 Å². The van der Waals surface area contributed by atoms with Crippen LogP contribution in [0, 0.1) is 6.92 Å². The minimum atomic E-state index is -1.53. The lowest BCUT2D eigenvalue weighted by atomic mass is 10.0. The number of carbonyl (C=O) groups is 2. The molecule has 2 amide bonds. The number of nitrogens with zero attached hydrogens (tertiary/aromatic N) is 2. The molecule has 0 aliphatic carbocycles. The number of hydrogen-bond donors (Lipinski definition) is 4. The summed E-state index contributed by atoms with van der Waals surface area (Å²) in [6.45, 7) is 2.19. The van der Waals surface area contributed by atoms with E-state index in [0.29, 0.717) is 17.9 Å². The van der Waals surface area contributed by atoms with Crippen molar-refractivity contribution in [1.82, 2.24) is 15.1 Å². The second-order valence-electron chi connectivity index (χ2n) is 7.07. The first-order valence-corrected chi connectivity index (χ1v) is 9.57. The number of benzene rings is 2. The first-order chi connectivity index (χ1) is 14.4. The quantitative estimate of drug-likeness (QED) is 0.438. The number of hydrogen-bond acceptors (Lipinski definition) is 5. The Morgan fingerprint density at radius 2 is 1.77 bits per heavy atom. The summed E-state index contributed by atoms with van der Waals surface area (Å²) in [6, 6.07) is 17.4. The Bertz CT molecular complexity index is 1020. The molecule has 0 radical (unpaired) electrons. The van der Waals surface area contributed by atoms with Gasteiger partial charge >= 0.3 is 0 Å². The predicted octanol–water partition coefficient (Wildman–Crippen LogP) is 0.827. The molecule has 8 heteroatoms. The molecule has 6 N–H and O–H groups in total. The van der Waals surface area contributed by atoms with Gasteiger partial charge in [-0.15, -0.1) is 0 Å². The molecule has 2 atom stereocenters. The summed E-state index contributed by atoms with van der Waals surface area (Å²) in [5.74, 6) is -1.38. The van der Waals surface area contributed by atoms with Crippen LogP contribution in [0.15, 0.2) is 60.7 Å². The maximum Gasteiger partial charge on any atom is 0.270 e. The Hall–Kier alpha value is -3.49. The van der Waals surface area contributed by atoms with Gasteiger partial charge in [0.1, 0.15) is 5.69 Å². The van der Waals surface area contributed by atoms with Crippen LogP contribution in [-0.2, 0) is 17.8 Å². The van der Waals surface area contributed by atoms with Crippen molar-refractivity contribution in [2.24, 2.45) is 11.5 Å². The van der Waals surface area contributed by atoms with Crippen molar-refractivity contribution in [3.05, 3.63) is 83.2 Å². The Kier molecular flexibility index (Phi) is 6.61. The second-order valence-corrected chi connectivity index (χ2v) is 7.07. The fourth-order valence-electron chi connectivity index (χ4n) is 3.18. The van der Waals surface area contributed by atoms with Crippen LogP contribution >= 0.6 is 0 Å². The Morgan fingerprint density at radius 1 is 1.10 bits per heavy atom. The highest BCUT2D eigenvalue weighted by Gasteiger charge is 2.28. The number of aliphatic hydroxyl groups is 1. The van der Waals surface area contributed by atoms with Gasteiger partial charge in [0, 0.05) is 6.54 Å². The molecule has 0 saturated heterocycles. The molecular weight excluding hydrogens is 382 g/mol. The third-order valence-corrected chi connectivity index (χ3v) is 4.77. The molecule has 0 fully saturated rings. The van der Waals surface area contributed by atoms with Gasteiger partial charge in [-0.2, -0.15) is 5.10 Å². The predicted molar refractivity (Wildman–Crippen MR) is 113 cm³/mol. The summed E-state index contributed by atoms with van der Waals surface area (Å²) in [4.78, 5) is 24.6. The lowest BCUT2D eigenvalue weighted by Gasteiger charge is -2.22. The van der Waals surface area contributed by atoms with Crippen LogP contribution in [-0.4, -0.2) is 38.8 Å². The van der Waals surface area contributed by atoms with Crippen molar-refractivity contribution in [1.29, 1.82) is 0 Å². The Labute approximate surface area is 174 Å². The molecule has 0 aliphatic heterocycles. The molecule has 1 unspecified atom stereocenters. The number of primary amides is 1. The van der Waals surface area contributed by atoms with Gasteiger partial charge in [-0.1, -0.05) is 42.5 Å². The normalized spacial score (nSPS) is 12.9. The number of amides is 2. The van der Waals surface area contributed by atoms with E-state index in [-0.39, 0.29) is 12.1 Å². The molecule has 0 spiro atoms. The highest BCUT2D eigenvalue weighted by Crippen LogP contribution is 2.15. The van der Waals surface area contributed by atoms with E-state index in [2.05, 4.69) is 10.4 Å². The van der Waals surface area contributed by atoms with Crippen LogP contribution < -0.4 is 16.8 Å². The van der Waals surface area contributed by atoms with Crippen molar-refractivity contribution in [3.63, 3.8) is 0 Å². The van der Waals surface area contributed by atoms with Crippen LogP contribution in [0.25, 0.3) is 5.69 Å². The van der Waals surface area contributed by atoms with E-state index in [9.17, 15) is 14.7 Å². The van der Waals surface area contributed by atoms with Gasteiger partial charge in [-0.25, -0.2) is 4.68 Å². The molecule has 0 saturated carbocycles. The number of rotatable bonds is 8. The highest BCUT2D eigenvalue weighted by molar-refractivity contribution is 5.94. The summed E-state index contributed by atoms with van der Waals surface area (Å²) < 4.78 is 1.52. The average Bonchev–Trinajstić information content (AvgIpc) is 3.15. The molecule has 3 rings (SSSR count). The molecule has 156 valence electrons. The molecule has 1 aromatic heterocycles. The van der Waals surface area contributed by atoms with E-state index in [1.165, 1.54) is 4.68 Å². The topological polar surface area (TPSA) is 136 Å². The first-order valence-electron chi connectivity index (χ1n) is 9.57. The van der Waals surface area contributed by atoms with Gasteiger partial charge in [0.15, 0.2) is 6.10 Å². The van der Waals surface area contributed by atoms with E-state index in [1.807, 2.05) is 54.6 Å². The minimum absolute atomic E-state index is 0.245. The highest BCUT2D eigenvalue weighted by atomic mass is 16.3. The van der Waals surface area contributed by atoms with Crippen LogP contribution in [0.1, 0.15) is 27.3 Å². The zero-order valence-corrected chi connectivity index (χ0v) is 16.7. The number of aryl methyl sites for hydroxylation is 1. The minimum Gasteiger partial charge on any atom is -0.381 e. The molecule has 3 aromatic rings. The average molecular weight is 407 g/mol. The van der Waals surface area contributed by atoms with E-state index in [1.54, 1.807) is 13.0 Å². The summed E-state index contributed by atoms with van der Waals surface area (Å²) in [5.41, 5.74) is 14.4. The van der Waals surface area contributed by atoms with Crippen LogP contribution in [0.4, 0.5) is 0 Å². The standard InChI is InChI=1S/C22H25N5O3/c1-14-11-19(27(26-14)17-9-7-16(13-23)8-10-17)22(30)25-18(20(28)21(24)29)12-15-5-3-2-4-6-15/h2-11,18,20,28H,12-13,23H2,1H3,(H2,24,29)(H,25,30)/t18-,20?/m0/s1. The van der Waals surface area contributed by atoms with E-state index < -0.39 is 24.0 Å². The number of aromatic nitrogens is 2. The maximum absolute atomic E-state index is 13.0. The van der Waals surface area contributed by atoms with Gasteiger partial charge in [-0.05, 0) is 42.7 Å². The monoisotopic (exact) mass is 407 g/mol. The Balaban J connectivity index is 1.87. The SMILES string of the molecule is Cc1cc(C(=O)N[C@@H](Cc2ccccc2)C(O)C(N)=O)n(-c2ccc(CN)cc2)n1. The maximum atomic E-state index is 13.0. The van der Waals surface area contributed by atoms with Gasteiger partial charge in [0.25, 0.3) is 5.91 Å². The third-order valence-electron chi connectivity index (χ3n) is 4.77. The molecule has 8 nitrogen and oxygen atoms in total. The van der Waals surface area contributed by atoms with Crippen molar-refractivity contribution in [2.45, 2.75) is 32.0 Å². The smallest absolute Gasteiger partial charge is 0.270 e. The summed E-state index contributed by atoms with van der Waals surface area (Å²) in [6.07, 6.45) is -1.29. The summed E-state index contributed by atoms with van der Waals surface area (Å²) in [5, 5.41) is 17.4. The lowest BCUT2D eigenvalue weighted by Crippen LogP contribution is -2.50. The number of nitrogens with two attached hydrogens (primary N) is 2. The molecule has 1 heterocycles. The molecule has 0 aliphatic rings. The fourth-order valence-corrected chi connectivity index (χ4v) is 3.18. The van der Waals surface area contributed by atoms with E-state index in [0.717, 1.165) is 11.1 Å². The lowest BCUT2D eigenvalue weighted by molar-refractivity contribution is -0.127. The van der Waals surface area contributed by atoms with E-state index >= 15 is 0 Å². The summed E-state index contributed by atoms with van der Waals surface area (Å²) >= 11 is 0. The first kappa shape index (κ1) is 21.2. The van der Waals surface area contributed by atoms with Crippen molar-refractivity contribution < 1.29 is 14.7 Å². The van der Waals surface area contributed by atoms with Gasteiger partial charge in [0.05, 0.1) is 17.4 Å². The molecule has 30 heavy (non-hydrogen) atoms. The van der Waals surface area contributed by atoms with Crippen molar-refractivity contribution >= 4 is 11.8 Å². The Morgan fingerprint density at radius 3 is 2.37 bits per heavy atom. The molecule has 0 bridgehead atoms. The van der Waals surface area contributed by atoms with Crippen LogP contribution in [0.2, 0.25) is 0 Å². The number of nitrogens with one attached hydrogen (secondary N) is 1. The van der Waals surface area contributed by atoms with Gasteiger partial charge < -0.3 is 21.9 Å². The van der Waals surface area contributed by atoms with Crippen LogP contribution in [0.5, 0.6) is 0 Å². The van der Waals surface area contributed by atoms with Gasteiger partial charge in [0.2, 0.25) is 5.91 Å². The zero-order valence-electron chi connectivity index (χ0n) is 16.7. The van der Waals surface area contributed by atoms with Crippen molar-refractivity contribution in [3.8, 4) is 5.69 Å². The van der Waals surface area contributed by atoms with Crippen LogP contribution in [0.3, 0.4) is 0 Å².